The SMILES string of the molecule is CC(C)C[C@H](CN)CC(=O)NC1CCc2ccccc2C1. The summed E-state index contributed by atoms with van der Waals surface area (Å²) in [7, 11) is 0. The second-order valence-electron chi connectivity index (χ2n) is 6.71. The van der Waals surface area contributed by atoms with Crippen LogP contribution >= 0.6 is 0 Å². The standard InChI is InChI=1S/C18H28N2O/c1-13(2)9-14(12-19)10-18(21)20-17-8-7-15-5-3-4-6-16(15)11-17/h3-6,13-14,17H,7-12,19H2,1-2H3,(H,20,21)/t14-,17?/m0/s1. The van der Waals surface area contributed by atoms with E-state index in [1.54, 1.807) is 0 Å². The van der Waals surface area contributed by atoms with Gasteiger partial charge in [-0.15, -0.1) is 0 Å². The number of carbonyl (C=O) groups excluding carboxylic acids is 1. The van der Waals surface area contributed by atoms with Crippen LogP contribution in [-0.4, -0.2) is 18.5 Å². The van der Waals surface area contributed by atoms with E-state index in [0.717, 1.165) is 25.7 Å². The number of nitrogens with one attached hydrogen (secondary N) is 1. The van der Waals surface area contributed by atoms with Crippen LogP contribution in [0.4, 0.5) is 0 Å². The second-order valence-corrected chi connectivity index (χ2v) is 6.71. The highest BCUT2D eigenvalue weighted by molar-refractivity contribution is 5.76. The van der Waals surface area contributed by atoms with Crippen molar-refractivity contribution in [3.8, 4) is 0 Å². The number of aryl methyl sites for hydroxylation is 1. The van der Waals surface area contributed by atoms with Crippen molar-refractivity contribution in [2.45, 2.75) is 52.0 Å². The second kappa shape index (κ2) is 7.60. The van der Waals surface area contributed by atoms with E-state index < -0.39 is 0 Å². The van der Waals surface area contributed by atoms with Crippen LogP contribution in [0.2, 0.25) is 0 Å². The lowest BCUT2D eigenvalue weighted by molar-refractivity contribution is -0.122. The summed E-state index contributed by atoms with van der Waals surface area (Å²) in [5, 5.41) is 3.20. The molecule has 3 nitrogen and oxygen atoms in total. The monoisotopic (exact) mass is 288 g/mol. The van der Waals surface area contributed by atoms with Crippen LogP contribution in [0.15, 0.2) is 24.3 Å². The molecule has 1 unspecified atom stereocenters. The summed E-state index contributed by atoms with van der Waals surface area (Å²) in [6.45, 7) is 4.95. The van der Waals surface area contributed by atoms with E-state index in [4.69, 9.17) is 5.73 Å². The molecule has 116 valence electrons. The molecule has 0 spiro atoms. The molecule has 2 rings (SSSR count). The molecule has 1 aromatic carbocycles. The van der Waals surface area contributed by atoms with Crippen LogP contribution in [0.25, 0.3) is 0 Å². The summed E-state index contributed by atoms with van der Waals surface area (Å²) in [6.07, 6.45) is 4.65. The van der Waals surface area contributed by atoms with Crippen LogP contribution in [0, 0.1) is 11.8 Å². The van der Waals surface area contributed by atoms with Gasteiger partial charge in [0.15, 0.2) is 0 Å². The molecule has 3 N–H and O–H groups in total. The molecule has 2 atom stereocenters. The Hall–Kier alpha value is -1.35. The molecule has 0 aromatic heterocycles. The van der Waals surface area contributed by atoms with E-state index >= 15 is 0 Å². The van der Waals surface area contributed by atoms with Gasteiger partial charge in [-0.2, -0.15) is 0 Å². The highest BCUT2D eigenvalue weighted by atomic mass is 16.1. The molecule has 21 heavy (non-hydrogen) atoms. The lowest BCUT2D eigenvalue weighted by atomic mass is 9.88. The highest BCUT2D eigenvalue weighted by Crippen LogP contribution is 2.21. The number of hydrogen-bond donors (Lipinski definition) is 2. The van der Waals surface area contributed by atoms with Crippen LogP contribution < -0.4 is 11.1 Å². The molecule has 1 aliphatic carbocycles. The van der Waals surface area contributed by atoms with Gasteiger partial charge in [-0.05, 0) is 55.2 Å². The molecule has 0 saturated carbocycles. The fourth-order valence-corrected chi connectivity index (χ4v) is 3.30. The summed E-state index contributed by atoms with van der Waals surface area (Å²) in [4.78, 5) is 12.2. The number of carbonyl (C=O) groups is 1. The maximum Gasteiger partial charge on any atom is 0.220 e. The highest BCUT2D eigenvalue weighted by Gasteiger charge is 2.21. The van der Waals surface area contributed by atoms with Crippen LogP contribution in [0.1, 0.15) is 44.2 Å². The van der Waals surface area contributed by atoms with Crippen molar-refractivity contribution in [3.05, 3.63) is 35.4 Å². The Morgan fingerprint density at radius 3 is 2.71 bits per heavy atom. The average molecular weight is 288 g/mol. The van der Waals surface area contributed by atoms with E-state index in [2.05, 4.69) is 43.4 Å². The van der Waals surface area contributed by atoms with Gasteiger partial charge < -0.3 is 11.1 Å². The van der Waals surface area contributed by atoms with Crippen molar-refractivity contribution in [1.29, 1.82) is 0 Å². The van der Waals surface area contributed by atoms with E-state index in [9.17, 15) is 4.79 Å². The zero-order valence-electron chi connectivity index (χ0n) is 13.3. The number of hydrogen-bond acceptors (Lipinski definition) is 2. The molecular weight excluding hydrogens is 260 g/mol. The smallest absolute Gasteiger partial charge is 0.220 e. The maximum absolute atomic E-state index is 12.2. The average Bonchev–Trinajstić information content (AvgIpc) is 2.45. The molecule has 0 radical (unpaired) electrons. The number of nitrogens with two attached hydrogens (primary N) is 1. The minimum absolute atomic E-state index is 0.162. The van der Waals surface area contributed by atoms with Gasteiger partial charge in [0, 0.05) is 12.5 Å². The quantitative estimate of drug-likeness (QED) is 0.845. The van der Waals surface area contributed by atoms with E-state index in [-0.39, 0.29) is 11.9 Å². The fraction of sp³-hybridized carbons (Fsp3) is 0.611. The third kappa shape index (κ3) is 4.85. The zero-order valence-corrected chi connectivity index (χ0v) is 13.3. The van der Waals surface area contributed by atoms with Gasteiger partial charge in [0.05, 0.1) is 0 Å². The normalized spacial score (nSPS) is 19.1. The number of fused-ring (bicyclic) bond motifs is 1. The predicted octanol–water partition coefficient (Wildman–Crippen LogP) is 2.67. The van der Waals surface area contributed by atoms with Gasteiger partial charge in [0.1, 0.15) is 0 Å². The van der Waals surface area contributed by atoms with Gasteiger partial charge in [-0.25, -0.2) is 0 Å². The van der Waals surface area contributed by atoms with Gasteiger partial charge >= 0.3 is 0 Å². The summed E-state index contributed by atoms with van der Waals surface area (Å²) < 4.78 is 0. The molecule has 1 aliphatic rings. The summed E-state index contributed by atoms with van der Waals surface area (Å²) in [5.74, 6) is 1.06. The molecule has 0 aliphatic heterocycles. The third-order valence-electron chi connectivity index (χ3n) is 4.32. The van der Waals surface area contributed by atoms with Crippen LogP contribution in [0.3, 0.4) is 0 Å². The van der Waals surface area contributed by atoms with E-state index in [0.29, 0.717) is 24.8 Å². The first-order chi connectivity index (χ1) is 10.1. The molecule has 0 fully saturated rings. The largest absolute Gasteiger partial charge is 0.353 e. The molecule has 0 heterocycles. The van der Waals surface area contributed by atoms with Crippen molar-refractivity contribution >= 4 is 5.91 Å². The van der Waals surface area contributed by atoms with Gasteiger partial charge in [0.25, 0.3) is 0 Å². The molecular formula is C18H28N2O. The Bertz CT molecular complexity index is 470. The third-order valence-corrected chi connectivity index (χ3v) is 4.32. The van der Waals surface area contributed by atoms with Crippen molar-refractivity contribution in [2.75, 3.05) is 6.54 Å². The summed E-state index contributed by atoms with van der Waals surface area (Å²) >= 11 is 0. The van der Waals surface area contributed by atoms with Gasteiger partial charge in [0.2, 0.25) is 5.91 Å². The molecule has 3 heteroatoms. The van der Waals surface area contributed by atoms with Crippen LogP contribution in [-0.2, 0) is 17.6 Å². The zero-order chi connectivity index (χ0) is 15.2. The van der Waals surface area contributed by atoms with E-state index in [1.807, 2.05) is 0 Å². The maximum atomic E-state index is 12.2. The first-order valence-corrected chi connectivity index (χ1v) is 8.14. The van der Waals surface area contributed by atoms with Gasteiger partial charge in [-0.3, -0.25) is 4.79 Å². The topological polar surface area (TPSA) is 55.1 Å². The van der Waals surface area contributed by atoms with Gasteiger partial charge in [-0.1, -0.05) is 38.1 Å². The molecule has 1 aromatic rings. The Balaban J connectivity index is 1.84. The number of amides is 1. The van der Waals surface area contributed by atoms with Crippen molar-refractivity contribution in [2.24, 2.45) is 17.6 Å². The Morgan fingerprint density at radius 1 is 1.33 bits per heavy atom. The molecule has 0 saturated heterocycles. The lowest BCUT2D eigenvalue weighted by Gasteiger charge is -2.26. The predicted molar refractivity (Wildman–Crippen MR) is 87.0 cm³/mol. The first kappa shape index (κ1) is 16.0. The minimum atomic E-state index is 0.162. The number of rotatable bonds is 6. The molecule has 1 amide bonds. The lowest BCUT2D eigenvalue weighted by Crippen LogP contribution is -2.40. The van der Waals surface area contributed by atoms with Crippen LogP contribution in [0.5, 0.6) is 0 Å². The fourth-order valence-electron chi connectivity index (χ4n) is 3.30. The van der Waals surface area contributed by atoms with Crippen molar-refractivity contribution < 1.29 is 4.79 Å². The summed E-state index contributed by atoms with van der Waals surface area (Å²) in [5.41, 5.74) is 8.60. The Labute approximate surface area is 128 Å². The molecule has 0 bridgehead atoms. The van der Waals surface area contributed by atoms with Crippen molar-refractivity contribution in [1.82, 2.24) is 5.32 Å². The Kier molecular flexibility index (Phi) is 5.80. The summed E-state index contributed by atoms with van der Waals surface area (Å²) in [6, 6.07) is 8.83. The van der Waals surface area contributed by atoms with Crippen molar-refractivity contribution in [3.63, 3.8) is 0 Å². The first-order valence-electron chi connectivity index (χ1n) is 8.14. The minimum Gasteiger partial charge on any atom is -0.353 e. The number of benzene rings is 1. The van der Waals surface area contributed by atoms with E-state index in [1.165, 1.54) is 11.1 Å². The Morgan fingerprint density at radius 2 is 2.05 bits per heavy atom.